The van der Waals surface area contributed by atoms with Gasteiger partial charge in [-0.2, -0.15) is 11.8 Å². The second-order valence-corrected chi connectivity index (χ2v) is 5.66. The molecule has 2 aromatic rings. The van der Waals surface area contributed by atoms with Gasteiger partial charge in [0.05, 0.1) is 21.3 Å². The van der Waals surface area contributed by atoms with Crippen molar-refractivity contribution in [3.8, 4) is 29.1 Å². The molecule has 0 aromatic heterocycles. The van der Waals surface area contributed by atoms with E-state index in [9.17, 15) is 0 Å². The molecule has 23 heavy (non-hydrogen) atoms. The smallest absolute Gasteiger partial charge is 0.203 e. The van der Waals surface area contributed by atoms with E-state index < -0.39 is 0 Å². The average Bonchev–Trinajstić information content (AvgIpc) is 2.60. The molecule has 0 aliphatic heterocycles. The third kappa shape index (κ3) is 4.37. The fourth-order valence-corrected chi connectivity index (χ4v) is 2.67. The van der Waals surface area contributed by atoms with Gasteiger partial charge in [0, 0.05) is 16.9 Å². The molecular weight excluding hydrogens is 308 g/mol. The molecule has 0 bridgehead atoms. The van der Waals surface area contributed by atoms with E-state index in [1.165, 1.54) is 5.56 Å². The van der Waals surface area contributed by atoms with Crippen molar-refractivity contribution < 1.29 is 14.2 Å². The third-order valence-electron chi connectivity index (χ3n) is 3.28. The number of thioether (sulfide) groups is 1. The largest absolute Gasteiger partial charge is 0.493 e. The van der Waals surface area contributed by atoms with Crippen LogP contribution in [0.5, 0.6) is 17.2 Å². The lowest BCUT2D eigenvalue weighted by Crippen LogP contribution is -1.95. The van der Waals surface area contributed by atoms with Gasteiger partial charge in [0.25, 0.3) is 0 Å². The maximum atomic E-state index is 5.34. The molecule has 2 aromatic carbocycles. The Morgan fingerprint density at radius 1 is 0.826 bits per heavy atom. The quantitative estimate of drug-likeness (QED) is 0.776. The van der Waals surface area contributed by atoms with Crippen molar-refractivity contribution in [2.24, 2.45) is 0 Å². The number of methoxy groups -OCH3 is 3. The fourth-order valence-electron chi connectivity index (χ4n) is 2.15. The van der Waals surface area contributed by atoms with Crippen molar-refractivity contribution in [1.82, 2.24) is 0 Å². The van der Waals surface area contributed by atoms with Crippen LogP contribution in [0.25, 0.3) is 0 Å². The highest BCUT2D eigenvalue weighted by atomic mass is 32.2. The van der Waals surface area contributed by atoms with Gasteiger partial charge in [0.15, 0.2) is 11.5 Å². The van der Waals surface area contributed by atoms with Crippen LogP contribution in [0, 0.1) is 11.8 Å². The van der Waals surface area contributed by atoms with Gasteiger partial charge in [-0.1, -0.05) is 24.0 Å². The lowest BCUT2D eigenvalue weighted by molar-refractivity contribution is 0.324. The lowest BCUT2D eigenvalue weighted by atomic mass is 10.1. The Balaban J connectivity index is 2.30. The van der Waals surface area contributed by atoms with Gasteiger partial charge in [0.1, 0.15) is 0 Å². The van der Waals surface area contributed by atoms with Crippen molar-refractivity contribution in [3.63, 3.8) is 0 Å². The van der Waals surface area contributed by atoms with Crippen molar-refractivity contribution in [2.45, 2.75) is 5.75 Å². The summed E-state index contributed by atoms with van der Waals surface area (Å²) >= 11 is 1.81. The molecule has 0 saturated carbocycles. The summed E-state index contributed by atoms with van der Waals surface area (Å²) in [6.45, 7) is 0. The van der Waals surface area contributed by atoms with Crippen LogP contribution in [0.2, 0.25) is 0 Å². The number of ether oxygens (including phenoxy) is 3. The van der Waals surface area contributed by atoms with Crippen LogP contribution in [0.1, 0.15) is 16.7 Å². The Labute approximate surface area is 142 Å². The van der Waals surface area contributed by atoms with Crippen LogP contribution in [-0.4, -0.2) is 27.6 Å². The van der Waals surface area contributed by atoms with E-state index in [4.69, 9.17) is 14.2 Å². The van der Waals surface area contributed by atoms with Crippen LogP contribution in [0.4, 0.5) is 0 Å². The minimum atomic E-state index is 0.571. The van der Waals surface area contributed by atoms with Gasteiger partial charge >= 0.3 is 0 Å². The minimum absolute atomic E-state index is 0.571. The first kappa shape index (κ1) is 17.1. The van der Waals surface area contributed by atoms with E-state index >= 15 is 0 Å². The Morgan fingerprint density at radius 3 is 1.87 bits per heavy atom. The summed E-state index contributed by atoms with van der Waals surface area (Å²) < 4.78 is 16.0. The second-order valence-electron chi connectivity index (χ2n) is 4.79. The van der Waals surface area contributed by atoms with Gasteiger partial charge in [-0.05, 0) is 36.1 Å². The van der Waals surface area contributed by atoms with Gasteiger partial charge in [-0.3, -0.25) is 0 Å². The fraction of sp³-hybridized carbons (Fsp3) is 0.263. The predicted molar refractivity (Wildman–Crippen MR) is 95.7 cm³/mol. The number of benzene rings is 2. The summed E-state index contributed by atoms with van der Waals surface area (Å²) in [5.74, 6) is 9.10. The van der Waals surface area contributed by atoms with E-state index in [2.05, 4.69) is 30.2 Å². The number of hydrogen-bond acceptors (Lipinski definition) is 4. The molecule has 0 saturated heterocycles. The first-order valence-electron chi connectivity index (χ1n) is 7.11. The molecule has 0 unspecified atom stereocenters. The molecule has 0 aliphatic carbocycles. The van der Waals surface area contributed by atoms with Crippen LogP contribution in [0.3, 0.4) is 0 Å². The maximum absolute atomic E-state index is 5.34. The van der Waals surface area contributed by atoms with E-state index in [-0.39, 0.29) is 0 Å². The molecule has 0 aliphatic rings. The molecule has 3 nitrogen and oxygen atoms in total. The first-order chi connectivity index (χ1) is 11.2. The lowest BCUT2D eigenvalue weighted by Gasteiger charge is -2.12. The number of rotatable bonds is 5. The van der Waals surface area contributed by atoms with Crippen molar-refractivity contribution in [1.29, 1.82) is 0 Å². The van der Waals surface area contributed by atoms with Crippen LogP contribution < -0.4 is 14.2 Å². The van der Waals surface area contributed by atoms with Crippen LogP contribution >= 0.6 is 11.8 Å². The molecule has 0 atom stereocenters. The zero-order valence-corrected chi connectivity index (χ0v) is 14.6. The molecule has 0 amide bonds. The zero-order valence-electron chi connectivity index (χ0n) is 13.8. The molecular formula is C19H20O3S. The van der Waals surface area contributed by atoms with Crippen molar-refractivity contribution in [3.05, 3.63) is 53.1 Å². The predicted octanol–water partition coefficient (Wildman–Crippen LogP) is 3.98. The highest BCUT2D eigenvalue weighted by molar-refractivity contribution is 7.97. The molecule has 4 heteroatoms. The normalized spacial score (nSPS) is 9.74. The maximum Gasteiger partial charge on any atom is 0.203 e. The van der Waals surface area contributed by atoms with E-state index in [0.29, 0.717) is 17.2 Å². The van der Waals surface area contributed by atoms with Crippen molar-refractivity contribution >= 4 is 11.8 Å². The van der Waals surface area contributed by atoms with Gasteiger partial charge in [-0.25, -0.2) is 0 Å². The molecule has 0 fully saturated rings. The minimum Gasteiger partial charge on any atom is -0.493 e. The SMILES string of the molecule is COc1cc(C#Cc2ccc(CSC)cc2)cc(OC)c1OC. The zero-order chi connectivity index (χ0) is 16.7. The van der Waals surface area contributed by atoms with E-state index in [0.717, 1.165) is 16.9 Å². The Hall–Kier alpha value is -2.25. The second kappa shape index (κ2) is 8.40. The molecule has 0 radical (unpaired) electrons. The average molecular weight is 328 g/mol. The highest BCUT2D eigenvalue weighted by Crippen LogP contribution is 2.37. The van der Waals surface area contributed by atoms with Gasteiger partial charge < -0.3 is 14.2 Å². The van der Waals surface area contributed by atoms with Gasteiger partial charge in [-0.15, -0.1) is 0 Å². The number of hydrogen-bond donors (Lipinski definition) is 0. The summed E-state index contributed by atoms with van der Waals surface area (Å²) in [5, 5.41) is 0. The monoisotopic (exact) mass is 328 g/mol. The Kier molecular flexibility index (Phi) is 6.25. The van der Waals surface area contributed by atoms with E-state index in [1.807, 2.05) is 24.3 Å². The van der Waals surface area contributed by atoms with E-state index in [1.54, 1.807) is 33.1 Å². The summed E-state index contributed by atoms with van der Waals surface area (Å²) in [5.41, 5.74) is 3.09. The first-order valence-corrected chi connectivity index (χ1v) is 8.51. The third-order valence-corrected chi connectivity index (χ3v) is 3.90. The van der Waals surface area contributed by atoms with Crippen LogP contribution in [0.15, 0.2) is 36.4 Å². The molecule has 2 rings (SSSR count). The van der Waals surface area contributed by atoms with Crippen molar-refractivity contribution in [2.75, 3.05) is 27.6 Å². The molecule has 120 valence electrons. The Bertz CT molecular complexity index is 687. The molecule has 0 heterocycles. The summed E-state index contributed by atoms with van der Waals surface area (Å²) in [6, 6.07) is 12.0. The standard InChI is InChI=1S/C19H20O3S/c1-20-17-11-16(12-18(21-2)19(17)22-3)10-7-14-5-8-15(9-6-14)13-23-4/h5-6,8-9,11-12H,13H2,1-4H3. The Morgan fingerprint density at radius 2 is 1.39 bits per heavy atom. The summed E-state index contributed by atoms with van der Waals surface area (Å²) in [4.78, 5) is 0. The van der Waals surface area contributed by atoms with Crippen LogP contribution in [-0.2, 0) is 5.75 Å². The topological polar surface area (TPSA) is 27.7 Å². The summed E-state index contributed by atoms with van der Waals surface area (Å²) in [7, 11) is 4.78. The molecule has 0 N–H and O–H groups in total. The van der Waals surface area contributed by atoms with Gasteiger partial charge in [0.2, 0.25) is 5.75 Å². The summed E-state index contributed by atoms with van der Waals surface area (Å²) in [6.07, 6.45) is 2.10. The highest BCUT2D eigenvalue weighted by Gasteiger charge is 2.12. The molecule has 0 spiro atoms.